The lowest BCUT2D eigenvalue weighted by molar-refractivity contribution is 0.362. The molecule has 0 atom stereocenters. The lowest BCUT2D eigenvalue weighted by atomic mass is 10.1. The zero-order valence-electron chi connectivity index (χ0n) is 11.9. The molecule has 21 heavy (non-hydrogen) atoms. The third kappa shape index (κ3) is 3.95. The van der Waals surface area contributed by atoms with Gasteiger partial charge in [0.2, 0.25) is 0 Å². The van der Waals surface area contributed by atoms with Crippen LogP contribution in [0.2, 0.25) is 0 Å². The minimum absolute atomic E-state index is 0.0903. The van der Waals surface area contributed by atoms with E-state index in [2.05, 4.69) is 14.9 Å². The molecule has 2 heterocycles. The molecule has 3 rings (SSSR count). The summed E-state index contributed by atoms with van der Waals surface area (Å²) in [6, 6.07) is 11.4. The van der Waals surface area contributed by atoms with Crippen LogP contribution in [0.25, 0.3) is 11.3 Å². The van der Waals surface area contributed by atoms with E-state index in [-0.39, 0.29) is 5.56 Å². The van der Waals surface area contributed by atoms with Crippen LogP contribution in [-0.2, 0) is 0 Å². The van der Waals surface area contributed by atoms with Gasteiger partial charge in [-0.1, -0.05) is 42.1 Å². The molecule has 5 heteroatoms. The van der Waals surface area contributed by atoms with Gasteiger partial charge >= 0.3 is 0 Å². The summed E-state index contributed by atoms with van der Waals surface area (Å²) in [5, 5.41) is 0.709. The van der Waals surface area contributed by atoms with Crippen LogP contribution >= 0.6 is 11.8 Å². The number of nitrogens with one attached hydrogen (secondary N) is 1. The van der Waals surface area contributed by atoms with Gasteiger partial charge in [0.05, 0.1) is 5.69 Å². The van der Waals surface area contributed by atoms with Crippen LogP contribution < -0.4 is 5.56 Å². The Hall–Kier alpha value is -1.59. The minimum Gasteiger partial charge on any atom is -0.303 e. The number of H-pyrrole nitrogens is 1. The number of hydrogen-bond donors (Lipinski definition) is 1. The highest BCUT2D eigenvalue weighted by atomic mass is 32.2. The monoisotopic (exact) mass is 301 g/mol. The van der Waals surface area contributed by atoms with Gasteiger partial charge in [-0.25, -0.2) is 4.98 Å². The molecule has 1 aliphatic heterocycles. The maximum atomic E-state index is 11.8. The van der Waals surface area contributed by atoms with Gasteiger partial charge in [-0.2, -0.15) is 0 Å². The molecule has 0 amide bonds. The Bertz CT molecular complexity index is 635. The Morgan fingerprint density at radius 3 is 2.71 bits per heavy atom. The van der Waals surface area contributed by atoms with Crippen molar-refractivity contribution in [3.05, 3.63) is 46.8 Å². The van der Waals surface area contributed by atoms with Crippen LogP contribution in [0.4, 0.5) is 0 Å². The van der Waals surface area contributed by atoms with E-state index < -0.39 is 0 Å². The number of likely N-dealkylation sites (tertiary alicyclic amines) is 1. The maximum absolute atomic E-state index is 11.8. The van der Waals surface area contributed by atoms with E-state index >= 15 is 0 Å². The summed E-state index contributed by atoms with van der Waals surface area (Å²) in [7, 11) is 0. The summed E-state index contributed by atoms with van der Waals surface area (Å²) >= 11 is 1.62. The summed E-state index contributed by atoms with van der Waals surface area (Å²) in [6.45, 7) is 3.47. The van der Waals surface area contributed by atoms with Crippen molar-refractivity contribution in [3.8, 4) is 11.3 Å². The van der Waals surface area contributed by atoms with Gasteiger partial charge in [-0.15, -0.1) is 0 Å². The Morgan fingerprint density at radius 1 is 1.19 bits per heavy atom. The average molecular weight is 301 g/mol. The van der Waals surface area contributed by atoms with Crippen molar-refractivity contribution in [3.63, 3.8) is 0 Å². The van der Waals surface area contributed by atoms with Gasteiger partial charge in [0.25, 0.3) is 5.56 Å². The van der Waals surface area contributed by atoms with Crippen LogP contribution in [0.5, 0.6) is 0 Å². The molecule has 0 unspecified atom stereocenters. The van der Waals surface area contributed by atoms with Crippen LogP contribution in [0.3, 0.4) is 0 Å². The first-order valence-electron chi connectivity index (χ1n) is 7.33. The summed E-state index contributed by atoms with van der Waals surface area (Å²) in [5.74, 6) is 0.960. The highest BCUT2D eigenvalue weighted by molar-refractivity contribution is 7.99. The SMILES string of the molecule is O=c1cc(-c2ccccc2)nc(SCCN2CCCC2)[nH]1. The van der Waals surface area contributed by atoms with Crippen molar-refractivity contribution in [2.45, 2.75) is 18.0 Å². The Balaban J connectivity index is 1.68. The van der Waals surface area contributed by atoms with E-state index in [4.69, 9.17) is 0 Å². The van der Waals surface area contributed by atoms with Crippen molar-refractivity contribution < 1.29 is 0 Å². The van der Waals surface area contributed by atoms with Crippen LogP contribution in [0.1, 0.15) is 12.8 Å². The van der Waals surface area contributed by atoms with Crippen molar-refractivity contribution >= 4 is 11.8 Å². The molecule has 1 N–H and O–H groups in total. The molecule has 2 aromatic rings. The Labute approximate surface area is 128 Å². The molecular weight excluding hydrogens is 282 g/mol. The average Bonchev–Trinajstić information content (AvgIpc) is 3.01. The summed E-state index contributed by atoms with van der Waals surface area (Å²) in [4.78, 5) is 21.6. The third-order valence-electron chi connectivity index (χ3n) is 3.63. The van der Waals surface area contributed by atoms with E-state index in [1.165, 1.54) is 25.9 Å². The van der Waals surface area contributed by atoms with E-state index in [1.807, 2.05) is 30.3 Å². The van der Waals surface area contributed by atoms with Gasteiger partial charge in [-0.05, 0) is 25.9 Å². The summed E-state index contributed by atoms with van der Waals surface area (Å²) in [6.07, 6.45) is 2.62. The van der Waals surface area contributed by atoms with E-state index in [9.17, 15) is 4.79 Å². The molecule has 0 saturated carbocycles. The summed E-state index contributed by atoms with van der Waals surface area (Å²) in [5.41, 5.74) is 1.63. The molecule has 4 nitrogen and oxygen atoms in total. The van der Waals surface area contributed by atoms with Crippen molar-refractivity contribution in [2.24, 2.45) is 0 Å². The van der Waals surface area contributed by atoms with E-state index in [0.29, 0.717) is 5.16 Å². The lowest BCUT2D eigenvalue weighted by Gasteiger charge is -2.13. The standard InChI is InChI=1S/C16H19N3OS/c20-15-12-14(13-6-2-1-3-7-13)17-16(18-15)21-11-10-19-8-4-5-9-19/h1-3,6-7,12H,4-5,8-11H2,(H,17,18,20). The topological polar surface area (TPSA) is 49.0 Å². The second kappa shape index (κ2) is 6.91. The molecule has 0 aliphatic carbocycles. The third-order valence-corrected chi connectivity index (χ3v) is 4.49. The fourth-order valence-electron chi connectivity index (χ4n) is 2.54. The maximum Gasteiger partial charge on any atom is 0.252 e. The number of nitrogens with zero attached hydrogens (tertiary/aromatic N) is 2. The molecule has 110 valence electrons. The fraction of sp³-hybridized carbons (Fsp3) is 0.375. The molecule has 1 aliphatic rings. The van der Waals surface area contributed by atoms with Gasteiger partial charge in [0.15, 0.2) is 5.16 Å². The predicted octanol–water partition coefficient (Wildman–Crippen LogP) is 2.62. The Morgan fingerprint density at radius 2 is 1.95 bits per heavy atom. The van der Waals surface area contributed by atoms with E-state index in [0.717, 1.165) is 23.6 Å². The largest absolute Gasteiger partial charge is 0.303 e. The quantitative estimate of drug-likeness (QED) is 0.681. The van der Waals surface area contributed by atoms with Gasteiger partial charge in [0, 0.05) is 23.9 Å². The number of rotatable bonds is 5. The van der Waals surface area contributed by atoms with Crippen LogP contribution in [-0.4, -0.2) is 40.3 Å². The van der Waals surface area contributed by atoms with Crippen molar-refractivity contribution in [1.82, 2.24) is 14.9 Å². The van der Waals surface area contributed by atoms with Crippen LogP contribution in [0.15, 0.2) is 46.3 Å². The highest BCUT2D eigenvalue weighted by Crippen LogP contribution is 2.19. The molecule has 1 fully saturated rings. The number of benzene rings is 1. The number of thioether (sulfide) groups is 1. The van der Waals surface area contributed by atoms with Gasteiger partial charge in [0.1, 0.15) is 0 Å². The second-order valence-electron chi connectivity index (χ2n) is 5.20. The highest BCUT2D eigenvalue weighted by Gasteiger charge is 2.11. The number of aromatic nitrogens is 2. The molecule has 0 bridgehead atoms. The van der Waals surface area contributed by atoms with Crippen LogP contribution in [0, 0.1) is 0 Å². The predicted molar refractivity (Wildman–Crippen MR) is 86.7 cm³/mol. The fourth-order valence-corrected chi connectivity index (χ4v) is 3.42. The molecule has 0 radical (unpaired) electrons. The number of aromatic amines is 1. The zero-order chi connectivity index (χ0) is 14.5. The van der Waals surface area contributed by atoms with Crippen molar-refractivity contribution in [2.75, 3.05) is 25.4 Å². The normalized spacial score (nSPS) is 15.4. The first kappa shape index (κ1) is 14.4. The smallest absolute Gasteiger partial charge is 0.252 e. The molecular formula is C16H19N3OS. The molecule has 1 aromatic carbocycles. The van der Waals surface area contributed by atoms with E-state index in [1.54, 1.807) is 17.8 Å². The first-order chi connectivity index (χ1) is 10.3. The zero-order valence-corrected chi connectivity index (χ0v) is 12.7. The van der Waals surface area contributed by atoms with Gasteiger partial charge < -0.3 is 9.88 Å². The molecule has 1 aromatic heterocycles. The lowest BCUT2D eigenvalue weighted by Crippen LogP contribution is -2.22. The first-order valence-corrected chi connectivity index (χ1v) is 8.32. The molecule has 1 saturated heterocycles. The molecule has 0 spiro atoms. The summed E-state index contributed by atoms with van der Waals surface area (Å²) < 4.78 is 0. The number of hydrogen-bond acceptors (Lipinski definition) is 4. The minimum atomic E-state index is -0.0903. The Kier molecular flexibility index (Phi) is 4.72. The van der Waals surface area contributed by atoms with Gasteiger partial charge in [-0.3, -0.25) is 4.79 Å². The second-order valence-corrected chi connectivity index (χ2v) is 6.28. The van der Waals surface area contributed by atoms with Crippen molar-refractivity contribution in [1.29, 1.82) is 0 Å².